The third-order valence-electron chi connectivity index (χ3n) is 13.0. The predicted molar refractivity (Wildman–Crippen MR) is 127 cm³/mol. The third-order valence-corrected chi connectivity index (χ3v) is 13.0. The predicted octanol–water partition coefficient (Wildman–Crippen LogP) is 6.69. The van der Waals surface area contributed by atoms with Crippen molar-refractivity contribution in [1.29, 1.82) is 0 Å². The Morgan fingerprint density at radius 3 is 2.16 bits per heavy atom. The van der Waals surface area contributed by atoms with Gasteiger partial charge in [-0.15, -0.1) is 0 Å². The summed E-state index contributed by atoms with van der Waals surface area (Å²) in [6.07, 6.45) is 13.2. The Kier molecular flexibility index (Phi) is 5.28. The van der Waals surface area contributed by atoms with Gasteiger partial charge in [-0.1, -0.05) is 41.5 Å². The standard InChI is InChI=1S/C29H50O2/c1-18(17-30)19-9-13-27(4)14-10-21-20(25(19)27)7-8-23-28(21,5)15-11-22-26(2,3)24(31)12-16-29(22,23)6/h18-25,30-31H,7-17H2,1-6H3. The molecule has 2 nitrogen and oxygen atoms in total. The van der Waals surface area contributed by atoms with E-state index in [1.165, 1.54) is 57.8 Å². The molecule has 178 valence electrons. The Hall–Kier alpha value is -0.0800. The lowest BCUT2D eigenvalue weighted by atomic mass is 9.36. The van der Waals surface area contributed by atoms with Crippen molar-refractivity contribution in [2.24, 2.45) is 63.1 Å². The summed E-state index contributed by atoms with van der Waals surface area (Å²) < 4.78 is 0. The van der Waals surface area contributed by atoms with Crippen LogP contribution in [0.1, 0.15) is 106 Å². The molecule has 5 saturated carbocycles. The lowest BCUT2D eigenvalue weighted by molar-refractivity contribution is -0.216. The second kappa shape index (κ2) is 7.21. The zero-order valence-corrected chi connectivity index (χ0v) is 21.3. The Morgan fingerprint density at radius 1 is 0.774 bits per heavy atom. The van der Waals surface area contributed by atoms with Crippen LogP contribution in [-0.2, 0) is 0 Å². The number of rotatable bonds is 2. The third kappa shape index (κ3) is 2.95. The van der Waals surface area contributed by atoms with Crippen molar-refractivity contribution in [2.75, 3.05) is 6.61 Å². The molecule has 5 rings (SSSR count). The Morgan fingerprint density at radius 2 is 1.45 bits per heavy atom. The molecule has 5 aliphatic carbocycles. The molecular formula is C29H50O2. The molecule has 0 amide bonds. The fraction of sp³-hybridized carbons (Fsp3) is 1.00. The number of aliphatic hydroxyl groups is 2. The summed E-state index contributed by atoms with van der Waals surface area (Å²) >= 11 is 0. The smallest absolute Gasteiger partial charge is 0.0594 e. The molecule has 2 heteroatoms. The van der Waals surface area contributed by atoms with Crippen LogP contribution in [0.2, 0.25) is 0 Å². The lowest BCUT2D eigenvalue weighted by Gasteiger charge is -2.69. The van der Waals surface area contributed by atoms with Crippen LogP contribution in [0.4, 0.5) is 0 Å². The van der Waals surface area contributed by atoms with E-state index in [1.54, 1.807) is 0 Å². The fourth-order valence-corrected chi connectivity index (χ4v) is 11.4. The van der Waals surface area contributed by atoms with Gasteiger partial charge < -0.3 is 10.2 Å². The van der Waals surface area contributed by atoms with Crippen LogP contribution in [0, 0.1) is 63.1 Å². The van der Waals surface area contributed by atoms with E-state index < -0.39 is 0 Å². The topological polar surface area (TPSA) is 40.5 Å². The van der Waals surface area contributed by atoms with Gasteiger partial charge in [-0.05, 0) is 127 Å². The van der Waals surface area contributed by atoms with E-state index in [1.807, 2.05) is 0 Å². The van der Waals surface area contributed by atoms with Gasteiger partial charge in [0.1, 0.15) is 0 Å². The number of aliphatic hydroxyl groups excluding tert-OH is 2. The fourth-order valence-electron chi connectivity index (χ4n) is 11.4. The maximum atomic E-state index is 10.9. The molecule has 31 heavy (non-hydrogen) atoms. The van der Waals surface area contributed by atoms with Gasteiger partial charge in [0.25, 0.3) is 0 Å². The minimum atomic E-state index is -0.124. The zero-order valence-electron chi connectivity index (χ0n) is 21.3. The van der Waals surface area contributed by atoms with Gasteiger partial charge in [-0.2, -0.15) is 0 Å². The molecule has 0 aromatic carbocycles. The first kappa shape index (κ1) is 22.7. The first-order chi connectivity index (χ1) is 14.5. The van der Waals surface area contributed by atoms with Gasteiger partial charge in [0.2, 0.25) is 0 Å². The zero-order chi connectivity index (χ0) is 22.4. The van der Waals surface area contributed by atoms with E-state index in [0.717, 1.165) is 36.0 Å². The highest BCUT2D eigenvalue weighted by Crippen LogP contribution is 2.73. The van der Waals surface area contributed by atoms with E-state index >= 15 is 0 Å². The summed E-state index contributed by atoms with van der Waals surface area (Å²) in [4.78, 5) is 0. The molecule has 0 heterocycles. The van der Waals surface area contributed by atoms with E-state index in [2.05, 4.69) is 41.5 Å². The van der Waals surface area contributed by atoms with E-state index in [-0.39, 0.29) is 11.5 Å². The van der Waals surface area contributed by atoms with Gasteiger partial charge in [-0.25, -0.2) is 0 Å². The molecule has 0 aromatic rings. The van der Waals surface area contributed by atoms with E-state index in [9.17, 15) is 10.2 Å². The highest BCUT2D eigenvalue weighted by Gasteiger charge is 2.66. The van der Waals surface area contributed by atoms with Crippen molar-refractivity contribution in [2.45, 2.75) is 112 Å². The molecule has 11 atom stereocenters. The Bertz CT molecular complexity index is 701. The van der Waals surface area contributed by atoms with Gasteiger partial charge in [-0.3, -0.25) is 0 Å². The quantitative estimate of drug-likeness (QED) is 0.512. The maximum Gasteiger partial charge on any atom is 0.0594 e. The van der Waals surface area contributed by atoms with Crippen molar-refractivity contribution < 1.29 is 10.2 Å². The van der Waals surface area contributed by atoms with E-state index in [0.29, 0.717) is 34.7 Å². The molecule has 0 radical (unpaired) electrons. The van der Waals surface area contributed by atoms with Crippen molar-refractivity contribution in [1.82, 2.24) is 0 Å². The minimum Gasteiger partial charge on any atom is -0.396 e. The van der Waals surface area contributed by atoms with Gasteiger partial charge in [0.05, 0.1) is 6.10 Å². The Labute approximate surface area is 192 Å². The summed E-state index contributed by atoms with van der Waals surface area (Å²) in [5.74, 6) is 5.28. The van der Waals surface area contributed by atoms with Gasteiger partial charge in [0, 0.05) is 6.61 Å². The van der Waals surface area contributed by atoms with Crippen LogP contribution < -0.4 is 0 Å². The molecule has 5 fully saturated rings. The maximum absolute atomic E-state index is 10.9. The van der Waals surface area contributed by atoms with Crippen molar-refractivity contribution in [3.05, 3.63) is 0 Å². The van der Waals surface area contributed by atoms with Crippen LogP contribution in [0.25, 0.3) is 0 Å². The van der Waals surface area contributed by atoms with Crippen molar-refractivity contribution >= 4 is 0 Å². The van der Waals surface area contributed by atoms with Gasteiger partial charge in [0.15, 0.2) is 0 Å². The van der Waals surface area contributed by atoms with Crippen LogP contribution >= 0.6 is 0 Å². The largest absolute Gasteiger partial charge is 0.396 e. The summed E-state index contributed by atoms with van der Waals surface area (Å²) in [7, 11) is 0. The SMILES string of the molecule is CC(CO)C1CCC2(C)CCC3C(CCC4C3(C)CCC3C(C)(C)C(O)CCC34C)C12. The van der Waals surface area contributed by atoms with Crippen LogP contribution in [0.15, 0.2) is 0 Å². The molecule has 5 aliphatic rings. The first-order valence-corrected chi connectivity index (χ1v) is 13.8. The average molecular weight is 431 g/mol. The monoisotopic (exact) mass is 430 g/mol. The molecule has 0 aliphatic heterocycles. The summed E-state index contributed by atoms with van der Waals surface area (Å²) in [5, 5.41) is 20.9. The van der Waals surface area contributed by atoms with Crippen LogP contribution in [0.3, 0.4) is 0 Å². The highest BCUT2D eigenvalue weighted by atomic mass is 16.3. The summed E-state index contributed by atoms with van der Waals surface area (Å²) in [5.41, 5.74) is 1.46. The van der Waals surface area contributed by atoms with Crippen molar-refractivity contribution in [3.8, 4) is 0 Å². The lowest BCUT2D eigenvalue weighted by Crippen LogP contribution is -2.63. The Balaban J connectivity index is 1.48. The normalized spacial score (nSPS) is 56.7. The second-order valence-electron chi connectivity index (χ2n) is 14.5. The molecule has 0 aromatic heterocycles. The van der Waals surface area contributed by atoms with Crippen LogP contribution in [0.5, 0.6) is 0 Å². The minimum absolute atomic E-state index is 0.0590. The van der Waals surface area contributed by atoms with E-state index in [4.69, 9.17) is 0 Å². The molecule has 0 saturated heterocycles. The number of hydrogen-bond acceptors (Lipinski definition) is 2. The molecule has 0 spiro atoms. The average Bonchev–Trinajstić information content (AvgIpc) is 3.08. The second-order valence-corrected chi connectivity index (χ2v) is 14.5. The molecule has 2 N–H and O–H groups in total. The van der Waals surface area contributed by atoms with Crippen molar-refractivity contribution in [3.63, 3.8) is 0 Å². The molecule has 11 unspecified atom stereocenters. The number of fused-ring (bicyclic) bond motifs is 7. The molecule has 0 bridgehead atoms. The first-order valence-electron chi connectivity index (χ1n) is 13.8. The highest BCUT2D eigenvalue weighted by molar-refractivity contribution is 5.15. The summed E-state index contributed by atoms with van der Waals surface area (Å²) in [6, 6.07) is 0. The molecular weight excluding hydrogens is 380 g/mol. The van der Waals surface area contributed by atoms with Crippen LogP contribution in [-0.4, -0.2) is 22.9 Å². The summed E-state index contributed by atoms with van der Waals surface area (Å²) in [6.45, 7) is 15.3. The van der Waals surface area contributed by atoms with Gasteiger partial charge >= 0.3 is 0 Å². The number of hydrogen-bond donors (Lipinski definition) is 2.